The highest BCUT2D eigenvalue weighted by molar-refractivity contribution is 5.76. The zero-order chi connectivity index (χ0) is 86.2. The number of amides is 3. The molecule has 118 heavy (non-hydrogen) atoms. The van der Waals surface area contributed by atoms with Crippen molar-refractivity contribution >= 4 is 17.7 Å². The van der Waals surface area contributed by atoms with Crippen LogP contribution in [-0.4, -0.2) is 352 Å². The van der Waals surface area contributed by atoms with Crippen LogP contribution in [0, 0.1) is 0 Å². The Balaban J connectivity index is 1.06. The van der Waals surface area contributed by atoms with Gasteiger partial charge in [-0.1, -0.05) is 192 Å². The number of aliphatic hydroxyl groups is 18. The summed E-state index contributed by atoms with van der Waals surface area (Å²) in [5, 5.41) is 209. The summed E-state index contributed by atoms with van der Waals surface area (Å²) in [4.78, 5) is 38.8. The van der Waals surface area contributed by atoms with Crippen LogP contribution in [0.1, 0.15) is 233 Å². The third-order valence-corrected chi connectivity index (χ3v) is 22.9. The molecule has 0 saturated carbocycles. The molecule has 6 aliphatic heterocycles. The Kier molecular flexibility index (Phi) is 49.6. The minimum absolute atomic E-state index is 0.176. The number of nitrogens with one attached hydrogen (secondary N) is 3. The summed E-state index contributed by atoms with van der Waals surface area (Å²) in [6, 6.07) is -4.50. The second-order valence-corrected chi connectivity index (χ2v) is 32.4. The van der Waals surface area contributed by atoms with Crippen LogP contribution in [0.3, 0.4) is 0 Å². The molecule has 0 spiro atoms. The molecule has 0 aliphatic carbocycles. The lowest BCUT2D eigenvalue weighted by molar-refractivity contribution is -0.389. The summed E-state index contributed by atoms with van der Waals surface area (Å²) in [5.74, 6) is -1.98. The molecule has 32 atom stereocenters. The van der Waals surface area contributed by atoms with E-state index < -0.39 is 254 Å². The number of carbonyl (C=O) groups excluding carboxylic acids is 3. The summed E-state index contributed by atoms with van der Waals surface area (Å²) in [7, 11) is 0. The summed E-state index contributed by atoms with van der Waals surface area (Å²) in [5.41, 5.74) is 0. The minimum atomic E-state index is -2.29. The van der Waals surface area contributed by atoms with Gasteiger partial charge in [0.2, 0.25) is 17.7 Å². The fraction of sp³-hybridized carbons (Fsp3) is 0.915. The van der Waals surface area contributed by atoms with Crippen LogP contribution in [0.4, 0.5) is 0 Å². The first kappa shape index (κ1) is 103. The fourth-order valence-corrected chi connectivity index (χ4v) is 15.9. The van der Waals surface area contributed by atoms with Crippen LogP contribution in [0.25, 0.3) is 0 Å². The number of hydrogen-bond donors (Lipinski definition) is 21. The Morgan fingerprint density at radius 3 is 1.08 bits per heavy atom. The largest absolute Gasteiger partial charge is 0.394 e. The first-order valence-electron chi connectivity index (χ1n) is 43.6. The molecular weight excluding hydrogens is 1550 g/mol. The van der Waals surface area contributed by atoms with Crippen molar-refractivity contribution in [3.63, 3.8) is 0 Å². The Labute approximate surface area is 694 Å². The molecule has 0 aromatic heterocycles. The van der Waals surface area contributed by atoms with Gasteiger partial charge < -0.3 is 165 Å². The van der Waals surface area contributed by atoms with E-state index in [1.165, 1.54) is 128 Å². The number of aliphatic hydroxyl groups excluding tert-OH is 18. The summed E-state index contributed by atoms with van der Waals surface area (Å²) >= 11 is 0. The minimum Gasteiger partial charge on any atom is -0.394 e. The number of hydrogen-bond acceptors (Lipinski definition) is 33. The van der Waals surface area contributed by atoms with Gasteiger partial charge in [-0.25, -0.2) is 0 Å². The Hall–Kier alpha value is -3.31. The number of allylic oxidation sites excluding steroid dienone is 3. The predicted molar refractivity (Wildman–Crippen MR) is 421 cm³/mol. The Morgan fingerprint density at radius 1 is 0.331 bits per heavy atom. The SMILES string of the molecule is CCCCCCCC/C=C\CCCCCCCCCCCCCC(=O)N[C@@H](CO[C@@H]1OC(CO)[C@@H](O[C@@H]2OC(CO)[C@H](O[C@@H]3OC(CO)[C@H](O)[C@H](O[C@@H]4OC(CO)[C@H](O)[C@H](O[C@H]5OC(CO)[C@H](O)[C@H](O[C@@H]6OC(CO)[C@H](O)[C@H](O)C6NC(C)=O)C5O)C4O)C3NC(C)=O)[C@H](O)C2O)[C@H](O)C1O)[C@H](O)/C=C/CCCCCCCCCCCCC. The van der Waals surface area contributed by atoms with Gasteiger partial charge in [-0.15, -0.1) is 0 Å². The Morgan fingerprint density at radius 2 is 0.644 bits per heavy atom. The van der Waals surface area contributed by atoms with Gasteiger partial charge in [0, 0.05) is 20.3 Å². The summed E-state index contributed by atoms with van der Waals surface area (Å²) in [6.07, 6.45) is -11.6. The third kappa shape index (κ3) is 32.6. The monoisotopic (exact) mass is 1700 g/mol. The van der Waals surface area contributed by atoms with Crippen LogP contribution in [0.5, 0.6) is 0 Å². The maximum Gasteiger partial charge on any atom is 0.220 e. The van der Waals surface area contributed by atoms with E-state index in [0.29, 0.717) is 12.8 Å². The molecule has 6 rings (SSSR count). The standard InChI is InChI=1S/C82H147N3O33/c1-5-7-9-11-13-15-17-19-20-21-22-23-24-25-26-28-30-32-34-36-38-40-58(95)85-50(51(94)39-37-35-33-31-29-27-18-16-14-12-10-8-6-2)47-107-79-68(103)66(101)73(56(45-90)112-79)115-80-69(104)67(102)72(57(46-91)113-80)114-78-60(84-49(4)93)74(62(97)53(42-87)109-78)116-81-71(106)76(64(99)55(44-89)110-81)118-82-70(105)75(63(98)54(43-88)111-82)117-77-59(83-48(3)92)65(100)61(96)52(41-86)108-77/h19-20,37,39,50-57,59-82,86-91,94,96-106H,5-18,21-36,38,40-47H2,1-4H3,(H,83,92)(H,84,93)(H,85,95)/b20-19-,39-37+/t50-,51+,52?,53?,54?,55?,56?,57?,59?,60?,61-,62-,63-,64-,65+,66+,67+,68?,69?,70?,71?,72-,73+,74+,75-,76-,77-,78-,79+,80-,81-,82+/m0/s1. The molecule has 0 aromatic rings. The molecule has 12 unspecified atom stereocenters. The van der Waals surface area contributed by atoms with E-state index in [1.54, 1.807) is 6.08 Å². The van der Waals surface area contributed by atoms with Gasteiger partial charge >= 0.3 is 0 Å². The lowest BCUT2D eigenvalue weighted by atomic mass is 9.94. The normalized spacial score (nSPS) is 36.0. The molecule has 21 N–H and O–H groups in total. The lowest BCUT2D eigenvalue weighted by Gasteiger charge is -2.51. The van der Waals surface area contributed by atoms with Gasteiger partial charge in [-0.05, 0) is 44.9 Å². The van der Waals surface area contributed by atoms with Gasteiger partial charge in [-0.2, -0.15) is 0 Å². The smallest absolute Gasteiger partial charge is 0.220 e. The fourth-order valence-electron chi connectivity index (χ4n) is 15.9. The molecule has 0 bridgehead atoms. The van der Waals surface area contributed by atoms with Crippen molar-refractivity contribution in [2.45, 2.75) is 429 Å². The van der Waals surface area contributed by atoms with Crippen molar-refractivity contribution in [2.75, 3.05) is 46.2 Å². The van der Waals surface area contributed by atoms with Gasteiger partial charge in [0.1, 0.15) is 146 Å². The first-order chi connectivity index (χ1) is 56.8. The number of unbranched alkanes of at least 4 members (excludes halogenated alkanes) is 28. The number of rotatable bonds is 57. The van der Waals surface area contributed by atoms with Crippen molar-refractivity contribution in [1.82, 2.24) is 16.0 Å². The molecule has 0 aromatic carbocycles. The molecule has 6 fully saturated rings. The van der Waals surface area contributed by atoms with E-state index in [-0.39, 0.29) is 12.3 Å². The lowest BCUT2D eigenvalue weighted by Crippen LogP contribution is -2.70. The molecule has 6 heterocycles. The predicted octanol–water partition coefficient (Wildman–Crippen LogP) is -0.307. The highest BCUT2D eigenvalue weighted by Crippen LogP contribution is 2.38. The van der Waals surface area contributed by atoms with E-state index >= 15 is 0 Å². The van der Waals surface area contributed by atoms with Gasteiger partial charge in [0.25, 0.3) is 0 Å². The van der Waals surface area contributed by atoms with Crippen LogP contribution >= 0.6 is 0 Å². The topological polar surface area (TPSA) is 562 Å². The van der Waals surface area contributed by atoms with Crippen LogP contribution < -0.4 is 16.0 Å². The van der Waals surface area contributed by atoms with Crippen molar-refractivity contribution in [1.29, 1.82) is 0 Å². The van der Waals surface area contributed by atoms with Crippen molar-refractivity contribution in [3.8, 4) is 0 Å². The van der Waals surface area contributed by atoms with E-state index in [0.717, 1.165) is 71.6 Å². The maximum absolute atomic E-state index is 13.6. The van der Waals surface area contributed by atoms with Gasteiger partial charge in [0.05, 0.1) is 58.4 Å². The third-order valence-electron chi connectivity index (χ3n) is 22.9. The van der Waals surface area contributed by atoms with Crippen LogP contribution in [0.2, 0.25) is 0 Å². The average molecular weight is 1700 g/mol. The number of carbonyl (C=O) groups is 3. The molecule has 0 radical (unpaired) electrons. The molecular formula is C82H147N3O33. The molecule has 6 aliphatic rings. The molecule has 36 heteroatoms. The highest BCUT2D eigenvalue weighted by atomic mass is 16.8. The van der Waals surface area contributed by atoms with Gasteiger partial charge in [0.15, 0.2) is 37.7 Å². The molecule has 3 amide bonds. The van der Waals surface area contributed by atoms with Gasteiger partial charge in [-0.3, -0.25) is 14.4 Å². The van der Waals surface area contributed by atoms with E-state index in [1.807, 2.05) is 6.08 Å². The van der Waals surface area contributed by atoms with Crippen LogP contribution in [-0.2, 0) is 71.2 Å². The van der Waals surface area contributed by atoms with Crippen molar-refractivity contribution < 1.29 is 163 Å². The average Bonchev–Trinajstić information content (AvgIpc) is 0.728. The quantitative estimate of drug-likeness (QED) is 0.0274. The van der Waals surface area contributed by atoms with E-state index in [4.69, 9.17) is 56.8 Å². The second kappa shape index (κ2) is 56.6. The second-order valence-electron chi connectivity index (χ2n) is 32.4. The Bertz CT molecular complexity index is 2760. The molecule has 6 saturated heterocycles. The summed E-state index contributed by atoms with van der Waals surface area (Å²) in [6.45, 7) is 0.0817. The zero-order valence-corrected chi connectivity index (χ0v) is 69.5. The van der Waals surface area contributed by atoms with Crippen LogP contribution in [0.15, 0.2) is 24.3 Å². The highest BCUT2D eigenvalue weighted by Gasteiger charge is 2.59. The zero-order valence-electron chi connectivity index (χ0n) is 69.5. The van der Waals surface area contributed by atoms with Crippen molar-refractivity contribution in [3.05, 3.63) is 24.3 Å². The first-order valence-corrected chi connectivity index (χ1v) is 43.6. The van der Waals surface area contributed by atoms with Crippen molar-refractivity contribution in [2.24, 2.45) is 0 Å². The molecule has 36 nitrogen and oxygen atoms in total. The maximum atomic E-state index is 13.6. The molecule has 688 valence electrons. The summed E-state index contributed by atoms with van der Waals surface area (Å²) < 4.78 is 70.9. The number of ether oxygens (including phenoxy) is 12. The van der Waals surface area contributed by atoms with E-state index in [2.05, 4.69) is 41.9 Å². The van der Waals surface area contributed by atoms with E-state index in [9.17, 15) is 106 Å².